The van der Waals surface area contributed by atoms with E-state index in [1.807, 2.05) is 12.1 Å². The highest BCUT2D eigenvalue weighted by atomic mass is 35.5. The number of carbonyl (C=O) groups is 1. The van der Waals surface area contributed by atoms with Crippen LogP contribution in [0.15, 0.2) is 34.5 Å². The molecule has 1 unspecified atom stereocenters. The topological polar surface area (TPSA) is 89.3 Å². The molecule has 1 aliphatic rings. The second-order valence-corrected chi connectivity index (χ2v) is 8.38. The van der Waals surface area contributed by atoms with Gasteiger partial charge in [-0.05, 0) is 48.2 Å². The van der Waals surface area contributed by atoms with Crippen molar-refractivity contribution >= 4 is 38.9 Å². The molecule has 3 N–H and O–H groups in total. The summed E-state index contributed by atoms with van der Waals surface area (Å²) in [5.74, 6) is -0.298. The molecule has 1 amide bonds. The van der Waals surface area contributed by atoms with Crippen molar-refractivity contribution in [3.63, 3.8) is 0 Å². The third kappa shape index (κ3) is 3.03. The smallest absolute Gasteiger partial charge is 0.261 e. The van der Waals surface area contributed by atoms with Crippen LogP contribution in [0.1, 0.15) is 33.3 Å². The molecule has 0 saturated heterocycles. The second kappa shape index (κ2) is 5.66. The number of amides is 1. The average Bonchev–Trinajstić information content (AvgIpc) is 3.05. The molecule has 22 heavy (non-hydrogen) atoms. The molecule has 1 aromatic heterocycles. The Labute approximate surface area is 137 Å². The quantitative estimate of drug-likeness (QED) is 0.885. The largest absolute Gasteiger partial charge is 0.345 e. The van der Waals surface area contributed by atoms with Gasteiger partial charge in [-0.15, -0.1) is 11.3 Å². The van der Waals surface area contributed by atoms with Crippen LogP contribution in [0.5, 0.6) is 0 Å². The molecule has 116 valence electrons. The van der Waals surface area contributed by atoms with E-state index < -0.39 is 10.0 Å². The van der Waals surface area contributed by atoms with Gasteiger partial charge in [0.1, 0.15) is 4.21 Å². The summed E-state index contributed by atoms with van der Waals surface area (Å²) in [5.41, 5.74) is 2.19. The Balaban J connectivity index is 1.78. The summed E-state index contributed by atoms with van der Waals surface area (Å²) in [6.45, 7) is 0. The number of rotatable bonds is 3. The van der Waals surface area contributed by atoms with E-state index in [9.17, 15) is 13.2 Å². The first-order valence-electron chi connectivity index (χ1n) is 6.56. The Bertz CT molecular complexity index is 846. The Morgan fingerprint density at radius 2 is 2.09 bits per heavy atom. The van der Waals surface area contributed by atoms with E-state index in [0.717, 1.165) is 35.3 Å². The van der Waals surface area contributed by atoms with Crippen LogP contribution in [0.3, 0.4) is 0 Å². The van der Waals surface area contributed by atoms with Crippen molar-refractivity contribution < 1.29 is 13.2 Å². The highest BCUT2D eigenvalue weighted by Crippen LogP contribution is 2.33. The van der Waals surface area contributed by atoms with E-state index in [1.54, 1.807) is 6.07 Å². The van der Waals surface area contributed by atoms with Crippen molar-refractivity contribution in [3.05, 3.63) is 51.4 Å². The highest BCUT2D eigenvalue weighted by molar-refractivity contribution is 7.91. The summed E-state index contributed by atoms with van der Waals surface area (Å²) in [5, 5.41) is 8.66. The van der Waals surface area contributed by atoms with Crippen molar-refractivity contribution in [2.24, 2.45) is 5.14 Å². The average molecular weight is 357 g/mol. The second-order valence-electron chi connectivity index (χ2n) is 5.07. The summed E-state index contributed by atoms with van der Waals surface area (Å²) in [7, 11) is -3.77. The molecule has 5 nitrogen and oxygen atoms in total. The molecule has 1 aromatic carbocycles. The van der Waals surface area contributed by atoms with Crippen LogP contribution in [-0.2, 0) is 16.4 Å². The lowest BCUT2D eigenvalue weighted by molar-refractivity contribution is 0.0941. The van der Waals surface area contributed by atoms with E-state index >= 15 is 0 Å². The predicted molar refractivity (Wildman–Crippen MR) is 85.7 cm³/mol. The van der Waals surface area contributed by atoms with Gasteiger partial charge in [-0.25, -0.2) is 13.6 Å². The molecule has 3 rings (SSSR count). The molecule has 1 heterocycles. The van der Waals surface area contributed by atoms with Gasteiger partial charge in [-0.1, -0.05) is 17.7 Å². The number of aryl methyl sites for hydroxylation is 1. The monoisotopic (exact) mass is 356 g/mol. The lowest BCUT2D eigenvalue weighted by atomic mass is 10.1. The molecule has 1 aliphatic carbocycles. The molecule has 0 radical (unpaired) electrons. The fourth-order valence-electron chi connectivity index (χ4n) is 2.56. The molecule has 0 bridgehead atoms. The third-order valence-electron chi connectivity index (χ3n) is 3.57. The minimum atomic E-state index is -3.77. The van der Waals surface area contributed by atoms with Crippen LogP contribution in [0.2, 0.25) is 5.02 Å². The van der Waals surface area contributed by atoms with Crippen LogP contribution in [0.25, 0.3) is 0 Å². The number of hydrogen-bond acceptors (Lipinski definition) is 4. The zero-order chi connectivity index (χ0) is 15.9. The first-order chi connectivity index (χ1) is 10.3. The number of halogens is 1. The SMILES string of the molecule is NS(=O)(=O)c1ccc(C(=O)NC2CCc3cc(Cl)ccc32)s1. The lowest BCUT2D eigenvalue weighted by Gasteiger charge is -2.13. The van der Waals surface area contributed by atoms with Gasteiger partial charge in [-0.3, -0.25) is 4.79 Å². The number of sulfonamides is 1. The van der Waals surface area contributed by atoms with Crippen LogP contribution in [0, 0.1) is 0 Å². The number of hydrogen-bond donors (Lipinski definition) is 2. The summed E-state index contributed by atoms with van der Waals surface area (Å²) >= 11 is 6.83. The van der Waals surface area contributed by atoms with E-state index in [1.165, 1.54) is 12.1 Å². The summed E-state index contributed by atoms with van der Waals surface area (Å²) in [6, 6.07) is 8.36. The maximum absolute atomic E-state index is 12.3. The molecular weight excluding hydrogens is 344 g/mol. The van der Waals surface area contributed by atoms with Gasteiger partial charge >= 0.3 is 0 Å². The van der Waals surface area contributed by atoms with Crippen molar-refractivity contribution in [2.75, 3.05) is 0 Å². The van der Waals surface area contributed by atoms with Gasteiger partial charge in [0, 0.05) is 5.02 Å². The highest BCUT2D eigenvalue weighted by Gasteiger charge is 2.25. The Morgan fingerprint density at radius 3 is 2.77 bits per heavy atom. The predicted octanol–water partition coefficient (Wildman–Crippen LogP) is 2.47. The number of thiophene rings is 1. The van der Waals surface area contributed by atoms with Crippen molar-refractivity contribution in [2.45, 2.75) is 23.1 Å². The van der Waals surface area contributed by atoms with Crippen LogP contribution < -0.4 is 10.5 Å². The van der Waals surface area contributed by atoms with Gasteiger partial charge in [-0.2, -0.15) is 0 Å². The van der Waals surface area contributed by atoms with Gasteiger partial charge < -0.3 is 5.32 Å². The number of nitrogens with one attached hydrogen (secondary N) is 1. The molecule has 1 atom stereocenters. The number of fused-ring (bicyclic) bond motifs is 1. The molecular formula is C14H13ClN2O3S2. The zero-order valence-corrected chi connectivity index (χ0v) is 13.8. The van der Waals surface area contributed by atoms with Gasteiger partial charge in [0.2, 0.25) is 10.0 Å². The molecule has 0 saturated carbocycles. The summed E-state index contributed by atoms with van der Waals surface area (Å²) in [6.07, 6.45) is 1.66. The normalized spacial score (nSPS) is 17.3. The number of carbonyl (C=O) groups excluding carboxylic acids is 1. The fourth-order valence-corrected chi connectivity index (χ4v) is 4.39. The minimum absolute atomic E-state index is 0.0174. The van der Waals surface area contributed by atoms with E-state index in [4.69, 9.17) is 16.7 Å². The standard InChI is InChI=1S/C14H13ClN2O3S2/c15-9-2-3-10-8(7-9)1-4-11(10)17-14(18)12-5-6-13(21-12)22(16,19)20/h2-3,5-7,11H,1,4H2,(H,17,18)(H2,16,19,20). The summed E-state index contributed by atoms with van der Waals surface area (Å²) in [4.78, 5) is 12.6. The van der Waals surface area contributed by atoms with E-state index in [-0.39, 0.29) is 16.2 Å². The van der Waals surface area contributed by atoms with Crippen LogP contribution in [-0.4, -0.2) is 14.3 Å². The van der Waals surface area contributed by atoms with Crippen LogP contribution >= 0.6 is 22.9 Å². The van der Waals surface area contributed by atoms with Crippen LogP contribution in [0.4, 0.5) is 0 Å². The minimum Gasteiger partial charge on any atom is -0.345 e. The Hall–Kier alpha value is -1.41. The van der Waals surface area contributed by atoms with Gasteiger partial charge in [0.15, 0.2) is 0 Å². The number of nitrogens with two attached hydrogens (primary N) is 1. The number of primary sulfonamides is 1. The van der Waals surface area contributed by atoms with E-state index in [0.29, 0.717) is 9.90 Å². The fraction of sp³-hybridized carbons (Fsp3) is 0.214. The molecule has 8 heteroatoms. The Morgan fingerprint density at radius 1 is 1.32 bits per heavy atom. The first-order valence-corrected chi connectivity index (χ1v) is 9.30. The molecule has 2 aromatic rings. The maximum Gasteiger partial charge on any atom is 0.261 e. The van der Waals surface area contributed by atoms with Crippen molar-refractivity contribution in [1.82, 2.24) is 5.32 Å². The first kappa shape index (κ1) is 15.5. The van der Waals surface area contributed by atoms with Crippen molar-refractivity contribution in [1.29, 1.82) is 0 Å². The molecule has 0 spiro atoms. The van der Waals surface area contributed by atoms with Gasteiger partial charge in [0.05, 0.1) is 10.9 Å². The maximum atomic E-state index is 12.3. The Kier molecular flexibility index (Phi) is 3.98. The third-order valence-corrected chi connectivity index (χ3v) is 6.33. The molecule has 0 aliphatic heterocycles. The molecule has 0 fully saturated rings. The number of benzene rings is 1. The summed E-state index contributed by atoms with van der Waals surface area (Å²) < 4.78 is 22.5. The lowest BCUT2D eigenvalue weighted by Crippen LogP contribution is -2.26. The van der Waals surface area contributed by atoms with E-state index in [2.05, 4.69) is 5.32 Å². The van der Waals surface area contributed by atoms with Crippen molar-refractivity contribution in [3.8, 4) is 0 Å². The zero-order valence-electron chi connectivity index (χ0n) is 11.4. The van der Waals surface area contributed by atoms with Gasteiger partial charge in [0.25, 0.3) is 5.91 Å².